The number of nitrogens with one attached hydrogen (secondary N) is 2. The lowest BCUT2D eigenvalue weighted by Gasteiger charge is -2.26. The molecule has 1 atom stereocenters. The van der Waals surface area contributed by atoms with Crippen molar-refractivity contribution >= 4 is 11.0 Å². The Balaban J connectivity index is 1.83. The van der Waals surface area contributed by atoms with Crippen LogP contribution in [0.4, 0.5) is 0 Å². The summed E-state index contributed by atoms with van der Waals surface area (Å²) in [6.07, 6.45) is 5.15. The smallest absolute Gasteiger partial charge is 0.155 e. The van der Waals surface area contributed by atoms with E-state index in [2.05, 4.69) is 50.8 Å². The van der Waals surface area contributed by atoms with Gasteiger partial charge < -0.3 is 5.32 Å². The van der Waals surface area contributed by atoms with Gasteiger partial charge in [0, 0.05) is 30.0 Å². The van der Waals surface area contributed by atoms with Crippen molar-refractivity contribution in [1.29, 1.82) is 5.26 Å². The number of rotatable bonds is 3. The molecule has 1 aliphatic rings. The van der Waals surface area contributed by atoms with Crippen LogP contribution in [0.5, 0.6) is 0 Å². The monoisotopic (exact) mass is 303 g/mol. The average molecular weight is 303 g/mol. The molecule has 3 heterocycles. The lowest BCUT2D eigenvalue weighted by Crippen LogP contribution is -2.28. The van der Waals surface area contributed by atoms with Crippen molar-refractivity contribution in [2.45, 2.75) is 18.3 Å². The maximum absolute atomic E-state index is 9.25. The molecule has 0 radical (unpaired) electrons. The van der Waals surface area contributed by atoms with Crippen LogP contribution in [0.25, 0.3) is 22.2 Å². The Morgan fingerprint density at radius 1 is 1.30 bits per heavy atom. The number of fused-ring (bicyclic) bond motifs is 1. The van der Waals surface area contributed by atoms with Gasteiger partial charge in [-0.1, -0.05) is 24.3 Å². The highest BCUT2D eigenvalue weighted by Crippen LogP contribution is 2.36. The number of nitrogens with zero attached hydrogens (tertiary/aromatic N) is 3. The van der Waals surface area contributed by atoms with Gasteiger partial charge in [0.2, 0.25) is 0 Å². The van der Waals surface area contributed by atoms with Gasteiger partial charge in [-0.3, -0.25) is 5.10 Å². The van der Waals surface area contributed by atoms with Gasteiger partial charge >= 0.3 is 0 Å². The first-order valence-electron chi connectivity index (χ1n) is 7.79. The van der Waals surface area contributed by atoms with Gasteiger partial charge in [-0.15, -0.1) is 0 Å². The molecule has 0 spiro atoms. The summed E-state index contributed by atoms with van der Waals surface area (Å²) in [6.45, 7) is 1.83. The van der Waals surface area contributed by atoms with Crippen LogP contribution in [0.3, 0.4) is 0 Å². The molecule has 5 nitrogen and oxygen atoms in total. The maximum Gasteiger partial charge on any atom is 0.155 e. The first-order valence-corrected chi connectivity index (χ1v) is 7.79. The van der Waals surface area contributed by atoms with E-state index in [-0.39, 0.29) is 5.41 Å². The highest BCUT2D eigenvalue weighted by atomic mass is 15.1. The Morgan fingerprint density at radius 2 is 2.26 bits per heavy atom. The third kappa shape index (κ3) is 2.28. The molecule has 1 aromatic carbocycles. The Kier molecular flexibility index (Phi) is 3.32. The summed E-state index contributed by atoms with van der Waals surface area (Å²) in [5.74, 6) is 0. The highest BCUT2D eigenvalue weighted by molar-refractivity contribution is 5.92. The number of aromatic amines is 1. The summed E-state index contributed by atoms with van der Waals surface area (Å²) < 4.78 is 0. The Bertz CT molecular complexity index is 884. The minimum absolute atomic E-state index is 0.0761. The fraction of sp³-hybridized carbons (Fsp3) is 0.278. The SMILES string of the molecule is N#CCC1(c2cccc(-c3ccnc4[nH]ncc34)c2)CCNC1. The van der Waals surface area contributed by atoms with Crippen LogP contribution in [-0.4, -0.2) is 28.3 Å². The molecule has 0 saturated carbocycles. The first kappa shape index (κ1) is 13.9. The molecule has 0 aliphatic carbocycles. The minimum Gasteiger partial charge on any atom is -0.316 e. The second-order valence-electron chi connectivity index (χ2n) is 6.11. The summed E-state index contributed by atoms with van der Waals surface area (Å²) in [5.41, 5.74) is 4.20. The van der Waals surface area contributed by atoms with Gasteiger partial charge in [0.15, 0.2) is 5.65 Å². The van der Waals surface area contributed by atoms with Crippen molar-refractivity contribution in [2.24, 2.45) is 0 Å². The van der Waals surface area contributed by atoms with E-state index < -0.39 is 0 Å². The molecule has 4 rings (SSSR count). The first-order chi connectivity index (χ1) is 11.3. The molecule has 1 saturated heterocycles. The number of hydrogen-bond acceptors (Lipinski definition) is 4. The largest absolute Gasteiger partial charge is 0.316 e. The minimum atomic E-state index is -0.0761. The van der Waals surface area contributed by atoms with Crippen LogP contribution in [0, 0.1) is 11.3 Å². The fourth-order valence-corrected chi connectivity index (χ4v) is 3.51. The van der Waals surface area contributed by atoms with Crippen molar-refractivity contribution in [3.8, 4) is 17.2 Å². The third-order valence-corrected chi connectivity index (χ3v) is 4.80. The summed E-state index contributed by atoms with van der Waals surface area (Å²) >= 11 is 0. The number of pyridine rings is 1. The lowest BCUT2D eigenvalue weighted by molar-refractivity contribution is 0.482. The number of benzene rings is 1. The number of H-pyrrole nitrogens is 1. The number of aromatic nitrogens is 3. The molecule has 0 bridgehead atoms. The predicted octanol–water partition coefficient (Wildman–Crippen LogP) is 2.77. The predicted molar refractivity (Wildman–Crippen MR) is 88.7 cm³/mol. The number of nitriles is 1. The second-order valence-corrected chi connectivity index (χ2v) is 6.11. The molecule has 2 N–H and O–H groups in total. The Morgan fingerprint density at radius 3 is 3.09 bits per heavy atom. The Labute approximate surface area is 134 Å². The van der Waals surface area contributed by atoms with Gasteiger partial charge in [-0.25, -0.2) is 4.98 Å². The zero-order valence-corrected chi connectivity index (χ0v) is 12.7. The quantitative estimate of drug-likeness (QED) is 0.780. The zero-order chi connectivity index (χ0) is 15.7. The van der Waals surface area contributed by atoms with Crippen LogP contribution >= 0.6 is 0 Å². The van der Waals surface area contributed by atoms with Crippen LogP contribution in [0.2, 0.25) is 0 Å². The van der Waals surface area contributed by atoms with Gasteiger partial charge in [-0.2, -0.15) is 10.4 Å². The van der Waals surface area contributed by atoms with Crippen molar-refractivity contribution in [1.82, 2.24) is 20.5 Å². The van der Waals surface area contributed by atoms with E-state index in [1.165, 1.54) is 5.56 Å². The van der Waals surface area contributed by atoms with Crippen molar-refractivity contribution in [2.75, 3.05) is 13.1 Å². The third-order valence-electron chi connectivity index (χ3n) is 4.80. The van der Waals surface area contributed by atoms with Gasteiger partial charge in [-0.05, 0) is 35.7 Å². The van der Waals surface area contributed by atoms with E-state index in [9.17, 15) is 5.26 Å². The van der Waals surface area contributed by atoms with E-state index in [4.69, 9.17) is 0 Å². The highest BCUT2D eigenvalue weighted by Gasteiger charge is 2.35. The van der Waals surface area contributed by atoms with Crippen molar-refractivity contribution < 1.29 is 0 Å². The standard InChI is InChI=1S/C18H17N5/c19-7-5-18(6-9-20-12-18)14-3-1-2-13(10-14)15-4-8-21-17-16(15)11-22-23-17/h1-4,8,10-11,20H,5-6,9,12H2,(H,21,22,23). The number of hydrogen-bond donors (Lipinski definition) is 2. The van der Waals surface area contributed by atoms with E-state index in [1.807, 2.05) is 12.3 Å². The molecule has 3 aromatic rings. The fourth-order valence-electron chi connectivity index (χ4n) is 3.51. The maximum atomic E-state index is 9.25. The Hall–Kier alpha value is -2.71. The molecule has 5 heteroatoms. The molecule has 114 valence electrons. The van der Waals surface area contributed by atoms with E-state index in [0.717, 1.165) is 41.7 Å². The molecule has 0 amide bonds. The van der Waals surface area contributed by atoms with Crippen LogP contribution < -0.4 is 5.32 Å². The van der Waals surface area contributed by atoms with Gasteiger partial charge in [0.25, 0.3) is 0 Å². The zero-order valence-electron chi connectivity index (χ0n) is 12.7. The van der Waals surface area contributed by atoms with E-state index in [0.29, 0.717) is 6.42 Å². The van der Waals surface area contributed by atoms with Crippen LogP contribution in [0.1, 0.15) is 18.4 Å². The van der Waals surface area contributed by atoms with Crippen molar-refractivity contribution in [3.05, 3.63) is 48.3 Å². The molecular weight excluding hydrogens is 286 g/mol. The molecule has 2 aromatic heterocycles. The van der Waals surface area contributed by atoms with Gasteiger partial charge in [0.1, 0.15) is 0 Å². The molecule has 1 aliphatic heterocycles. The lowest BCUT2D eigenvalue weighted by atomic mass is 9.76. The second kappa shape index (κ2) is 5.49. The van der Waals surface area contributed by atoms with Gasteiger partial charge in [0.05, 0.1) is 12.3 Å². The topological polar surface area (TPSA) is 77.4 Å². The normalized spacial score (nSPS) is 20.7. The summed E-state index contributed by atoms with van der Waals surface area (Å²) in [5, 5.41) is 20.7. The van der Waals surface area contributed by atoms with Crippen LogP contribution in [0.15, 0.2) is 42.7 Å². The molecule has 23 heavy (non-hydrogen) atoms. The van der Waals surface area contributed by atoms with Crippen LogP contribution in [-0.2, 0) is 5.41 Å². The molecular formula is C18H17N5. The average Bonchev–Trinajstić information content (AvgIpc) is 3.24. The van der Waals surface area contributed by atoms with E-state index in [1.54, 1.807) is 6.20 Å². The summed E-state index contributed by atoms with van der Waals surface area (Å²) in [4.78, 5) is 4.30. The summed E-state index contributed by atoms with van der Waals surface area (Å²) in [7, 11) is 0. The van der Waals surface area contributed by atoms with Crippen molar-refractivity contribution in [3.63, 3.8) is 0 Å². The summed E-state index contributed by atoms with van der Waals surface area (Å²) in [6, 6.07) is 12.9. The molecule has 1 fully saturated rings. The molecule has 1 unspecified atom stereocenters. The van der Waals surface area contributed by atoms with E-state index >= 15 is 0 Å².